The Hall–Kier alpha value is -2.51. The van der Waals surface area contributed by atoms with Crippen LogP contribution in [0.2, 0.25) is 0 Å². The third kappa shape index (κ3) is 3.84. The molecule has 4 heterocycles. The van der Waals surface area contributed by atoms with Crippen molar-refractivity contribution in [1.29, 1.82) is 0 Å². The standard InChI is InChI=1S/C22H24N4O2S/c1-15(27)26-14-17-12-18(26)13-25(17)11-3-4-16-6-8-19(9-7-16)28-22-24-21-20(29-22)5-2-10-23-21/h2,5-10,17-18H,3-4,11-14H2,1H3/t17-,18-/m1/s1. The van der Waals surface area contributed by atoms with Crippen molar-refractivity contribution >= 4 is 27.6 Å². The Bertz CT molecular complexity index is 986. The molecule has 5 rings (SSSR count). The van der Waals surface area contributed by atoms with Crippen molar-refractivity contribution in [2.75, 3.05) is 19.6 Å². The van der Waals surface area contributed by atoms with Crippen molar-refractivity contribution in [2.45, 2.75) is 38.3 Å². The van der Waals surface area contributed by atoms with E-state index in [2.05, 4.69) is 27.0 Å². The molecule has 0 spiro atoms. The Morgan fingerprint density at radius 3 is 2.79 bits per heavy atom. The number of likely N-dealkylation sites (tertiary alicyclic amines) is 2. The summed E-state index contributed by atoms with van der Waals surface area (Å²) in [4.78, 5) is 24.9. The average molecular weight is 409 g/mol. The maximum absolute atomic E-state index is 11.6. The van der Waals surface area contributed by atoms with Crippen LogP contribution >= 0.6 is 11.3 Å². The minimum atomic E-state index is 0.224. The van der Waals surface area contributed by atoms with Crippen molar-refractivity contribution in [1.82, 2.24) is 19.8 Å². The summed E-state index contributed by atoms with van der Waals surface area (Å²) in [6.07, 6.45) is 5.07. The van der Waals surface area contributed by atoms with Gasteiger partial charge in [-0.3, -0.25) is 9.69 Å². The lowest BCUT2D eigenvalue weighted by atomic mass is 10.1. The van der Waals surface area contributed by atoms with Crippen LogP contribution in [0.25, 0.3) is 10.3 Å². The lowest BCUT2D eigenvalue weighted by Gasteiger charge is -2.33. The minimum Gasteiger partial charge on any atom is -0.431 e. The fourth-order valence-electron chi connectivity index (χ4n) is 4.51. The second-order valence-corrected chi connectivity index (χ2v) is 8.86. The number of thiazole rings is 1. The number of fused-ring (bicyclic) bond motifs is 3. The van der Waals surface area contributed by atoms with Crippen molar-refractivity contribution < 1.29 is 9.53 Å². The number of carbonyl (C=O) groups excluding carboxylic acids is 1. The Balaban J connectivity index is 1.11. The van der Waals surface area contributed by atoms with Crippen LogP contribution < -0.4 is 4.74 Å². The van der Waals surface area contributed by atoms with Crippen LogP contribution in [0.5, 0.6) is 10.9 Å². The molecule has 2 fully saturated rings. The van der Waals surface area contributed by atoms with Gasteiger partial charge in [0.1, 0.15) is 5.75 Å². The van der Waals surface area contributed by atoms with Gasteiger partial charge in [0, 0.05) is 38.3 Å². The quantitative estimate of drug-likeness (QED) is 0.622. The fourth-order valence-corrected chi connectivity index (χ4v) is 5.31. The van der Waals surface area contributed by atoms with Crippen LogP contribution in [0.4, 0.5) is 0 Å². The van der Waals surface area contributed by atoms with Gasteiger partial charge in [0.25, 0.3) is 5.19 Å². The zero-order valence-corrected chi connectivity index (χ0v) is 17.3. The van der Waals surface area contributed by atoms with Gasteiger partial charge in [-0.15, -0.1) is 0 Å². The van der Waals surface area contributed by atoms with E-state index in [1.165, 1.54) is 16.9 Å². The molecule has 0 radical (unpaired) electrons. The normalized spacial score (nSPS) is 21.2. The van der Waals surface area contributed by atoms with Gasteiger partial charge in [-0.1, -0.05) is 23.5 Å². The number of hydrogen-bond acceptors (Lipinski definition) is 6. The Morgan fingerprint density at radius 1 is 1.21 bits per heavy atom. The molecule has 0 aliphatic carbocycles. The summed E-state index contributed by atoms with van der Waals surface area (Å²) in [5.41, 5.74) is 2.05. The SMILES string of the molecule is CC(=O)N1C[C@H]2C[C@@H]1CN2CCCc1ccc(Oc2nc3ncccc3s2)cc1. The smallest absolute Gasteiger partial charge is 0.281 e. The molecule has 2 atom stereocenters. The van der Waals surface area contributed by atoms with Crippen LogP contribution in [0.15, 0.2) is 42.6 Å². The van der Waals surface area contributed by atoms with Crippen LogP contribution in [0, 0.1) is 0 Å². The van der Waals surface area contributed by atoms with Gasteiger partial charge in [-0.05, 0) is 55.6 Å². The summed E-state index contributed by atoms with van der Waals surface area (Å²) in [7, 11) is 0. The van der Waals surface area contributed by atoms with Crippen LogP contribution in [0.3, 0.4) is 0 Å². The zero-order valence-electron chi connectivity index (χ0n) is 16.5. The number of ether oxygens (including phenoxy) is 1. The number of nitrogens with zero attached hydrogens (tertiary/aromatic N) is 4. The molecular weight excluding hydrogens is 384 g/mol. The number of pyridine rings is 1. The molecule has 0 saturated carbocycles. The molecule has 7 heteroatoms. The first-order valence-electron chi connectivity index (χ1n) is 10.2. The summed E-state index contributed by atoms with van der Waals surface area (Å²) in [5, 5.41) is 0.621. The Labute approximate surface area is 174 Å². The van der Waals surface area contributed by atoms with Crippen molar-refractivity contribution in [2.24, 2.45) is 0 Å². The molecule has 2 saturated heterocycles. The number of aryl methyl sites for hydroxylation is 1. The summed E-state index contributed by atoms with van der Waals surface area (Å²) in [6.45, 7) is 4.73. The molecule has 2 aliphatic rings. The van der Waals surface area contributed by atoms with E-state index in [0.29, 0.717) is 17.3 Å². The summed E-state index contributed by atoms with van der Waals surface area (Å²) < 4.78 is 6.92. The fraction of sp³-hybridized carbons (Fsp3) is 0.409. The van der Waals surface area contributed by atoms with Gasteiger partial charge in [-0.25, -0.2) is 4.98 Å². The maximum atomic E-state index is 11.6. The lowest BCUT2D eigenvalue weighted by molar-refractivity contribution is -0.131. The van der Waals surface area contributed by atoms with E-state index in [0.717, 1.165) is 55.0 Å². The van der Waals surface area contributed by atoms with Crippen LogP contribution in [-0.4, -0.2) is 57.4 Å². The van der Waals surface area contributed by atoms with Crippen molar-refractivity contribution in [3.63, 3.8) is 0 Å². The van der Waals surface area contributed by atoms with Crippen LogP contribution in [0.1, 0.15) is 25.3 Å². The zero-order chi connectivity index (χ0) is 19.8. The predicted molar refractivity (Wildman–Crippen MR) is 113 cm³/mol. The highest BCUT2D eigenvalue weighted by atomic mass is 32.1. The molecule has 1 amide bonds. The highest BCUT2D eigenvalue weighted by Gasteiger charge is 2.43. The van der Waals surface area contributed by atoms with Gasteiger partial charge in [-0.2, -0.15) is 4.98 Å². The molecule has 2 bridgehead atoms. The molecule has 2 aliphatic heterocycles. The van der Waals surface area contributed by atoms with Crippen LogP contribution in [-0.2, 0) is 11.2 Å². The molecule has 150 valence electrons. The molecule has 6 nitrogen and oxygen atoms in total. The van der Waals surface area contributed by atoms with E-state index in [-0.39, 0.29) is 5.91 Å². The number of piperazine rings is 1. The first kappa shape index (κ1) is 18.5. The lowest BCUT2D eigenvalue weighted by Crippen LogP contribution is -2.48. The molecule has 2 aromatic heterocycles. The van der Waals surface area contributed by atoms with E-state index < -0.39 is 0 Å². The van der Waals surface area contributed by atoms with Gasteiger partial charge in [0.2, 0.25) is 5.91 Å². The van der Waals surface area contributed by atoms with E-state index in [1.807, 2.05) is 29.2 Å². The predicted octanol–water partition coefficient (Wildman–Crippen LogP) is 3.72. The number of rotatable bonds is 6. The summed E-state index contributed by atoms with van der Waals surface area (Å²) >= 11 is 1.51. The van der Waals surface area contributed by atoms with Crippen molar-refractivity contribution in [3.8, 4) is 10.9 Å². The number of carbonyl (C=O) groups is 1. The van der Waals surface area contributed by atoms with Crippen molar-refractivity contribution in [3.05, 3.63) is 48.2 Å². The average Bonchev–Trinajstić information content (AvgIpc) is 3.42. The number of benzene rings is 1. The number of aromatic nitrogens is 2. The Kier molecular flexibility index (Phi) is 4.93. The van der Waals surface area contributed by atoms with E-state index in [9.17, 15) is 4.79 Å². The molecule has 1 aromatic carbocycles. The molecule has 3 aromatic rings. The maximum Gasteiger partial charge on any atom is 0.281 e. The second kappa shape index (κ2) is 7.72. The van der Waals surface area contributed by atoms with E-state index in [4.69, 9.17) is 4.74 Å². The monoisotopic (exact) mass is 408 g/mol. The highest BCUT2D eigenvalue weighted by molar-refractivity contribution is 7.20. The molecule has 0 N–H and O–H groups in total. The number of hydrogen-bond donors (Lipinski definition) is 0. The van der Waals surface area contributed by atoms with E-state index >= 15 is 0 Å². The largest absolute Gasteiger partial charge is 0.431 e. The Morgan fingerprint density at radius 2 is 2.07 bits per heavy atom. The molecule has 29 heavy (non-hydrogen) atoms. The topological polar surface area (TPSA) is 58.6 Å². The van der Waals surface area contributed by atoms with Gasteiger partial charge < -0.3 is 9.64 Å². The third-order valence-corrected chi connectivity index (χ3v) is 6.83. The molecular formula is C22H24N4O2S. The first-order chi connectivity index (χ1) is 14.2. The molecule has 0 unspecified atom stereocenters. The van der Waals surface area contributed by atoms with Gasteiger partial charge >= 0.3 is 0 Å². The highest BCUT2D eigenvalue weighted by Crippen LogP contribution is 2.32. The van der Waals surface area contributed by atoms with Gasteiger partial charge in [0.15, 0.2) is 5.65 Å². The van der Waals surface area contributed by atoms with Gasteiger partial charge in [0.05, 0.1) is 4.70 Å². The second-order valence-electron chi connectivity index (χ2n) is 7.86. The summed E-state index contributed by atoms with van der Waals surface area (Å²) in [5.74, 6) is 1.02. The third-order valence-electron chi connectivity index (χ3n) is 5.94. The first-order valence-corrected chi connectivity index (χ1v) is 11.0. The number of amides is 1. The minimum absolute atomic E-state index is 0.224. The summed E-state index contributed by atoms with van der Waals surface area (Å²) in [6, 6.07) is 13.2. The van der Waals surface area contributed by atoms with E-state index in [1.54, 1.807) is 13.1 Å².